The number of carbonyl (C=O) groups excluding carboxylic acids is 5. The molecule has 60 heavy (non-hydrogen) atoms. The Morgan fingerprint density at radius 1 is 1.08 bits per heavy atom. The molecule has 3 saturated carbocycles. The fourth-order valence-corrected chi connectivity index (χ4v) is 11.6. The van der Waals surface area contributed by atoms with Crippen LogP contribution in [0.4, 0.5) is 0 Å². The van der Waals surface area contributed by atoms with Crippen LogP contribution in [0.1, 0.15) is 108 Å². The summed E-state index contributed by atoms with van der Waals surface area (Å²) in [5.41, 5.74) is -0.0936. The van der Waals surface area contributed by atoms with Crippen LogP contribution in [0.5, 0.6) is 11.5 Å². The molecule has 1 spiro atoms. The second-order valence-electron chi connectivity index (χ2n) is 18.6. The number of nitrogens with one attached hydrogen (secondary N) is 2. The first-order chi connectivity index (χ1) is 28.6. The summed E-state index contributed by atoms with van der Waals surface area (Å²) in [6.07, 6.45) is 9.81. The molecule has 5 fully saturated rings. The van der Waals surface area contributed by atoms with Crippen molar-refractivity contribution in [1.29, 1.82) is 0 Å². The molecule has 4 aliphatic heterocycles. The minimum absolute atomic E-state index is 0.0114. The minimum atomic E-state index is -4.00. The van der Waals surface area contributed by atoms with Crippen molar-refractivity contribution in [3.63, 3.8) is 0 Å². The van der Waals surface area contributed by atoms with Gasteiger partial charge in [-0.3, -0.25) is 28.7 Å². The lowest BCUT2D eigenvalue weighted by molar-refractivity contribution is -0.155. The number of esters is 2. The Labute approximate surface area is 349 Å². The Balaban J connectivity index is 1.02. The summed E-state index contributed by atoms with van der Waals surface area (Å²) in [4.78, 5) is 75.6. The van der Waals surface area contributed by atoms with Crippen LogP contribution in [0.15, 0.2) is 30.4 Å². The minimum Gasteiger partial charge on any atom is -0.497 e. The van der Waals surface area contributed by atoms with E-state index in [-0.39, 0.29) is 49.7 Å². The third-order valence-electron chi connectivity index (χ3n) is 14.3. The zero-order valence-electron chi connectivity index (χ0n) is 34.5. The Kier molecular flexibility index (Phi) is 10.2. The van der Waals surface area contributed by atoms with E-state index in [0.717, 1.165) is 29.3 Å². The van der Waals surface area contributed by atoms with E-state index in [4.69, 9.17) is 23.9 Å². The predicted molar refractivity (Wildman–Crippen MR) is 216 cm³/mol. The number of hydrogen-bond acceptors (Lipinski definition) is 12. The van der Waals surface area contributed by atoms with Gasteiger partial charge in [-0.25, -0.2) is 13.4 Å². The molecule has 1 aromatic carbocycles. The van der Waals surface area contributed by atoms with E-state index in [1.165, 1.54) is 4.90 Å². The number of benzene rings is 1. The van der Waals surface area contributed by atoms with Crippen LogP contribution in [-0.4, -0.2) is 95.8 Å². The molecule has 2 N–H and O–H groups in total. The molecular weight excluding hydrogens is 793 g/mol. The first-order valence-corrected chi connectivity index (χ1v) is 23.0. The van der Waals surface area contributed by atoms with Crippen LogP contribution in [0.25, 0.3) is 10.9 Å². The van der Waals surface area contributed by atoms with Crippen molar-refractivity contribution >= 4 is 50.6 Å². The van der Waals surface area contributed by atoms with Gasteiger partial charge in [0.15, 0.2) is 0 Å². The second-order valence-corrected chi connectivity index (χ2v) is 20.8. The van der Waals surface area contributed by atoms with Gasteiger partial charge in [-0.15, -0.1) is 0 Å². The molecule has 3 aliphatic carbocycles. The zero-order valence-corrected chi connectivity index (χ0v) is 35.3. The number of pyridine rings is 1. The van der Waals surface area contributed by atoms with Crippen LogP contribution in [-0.2, 0) is 49.9 Å². The van der Waals surface area contributed by atoms with Gasteiger partial charge in [0, 0.05) is 41.5 Å². The average Bonchev–Trinajstić information content (AvgIpc) is 3.99. The quantitative estimate of drug-likeness (QED) is 0.298. The Hall–Kier alpha value is -4.73. The van der Waals surface area contributed by atoms with Crippen LogP contribution in [0, 0.1) is 24.7 Å². The molecule has 322 valence electrons. The Morgan fingerprint density at radius 2 is 1.90 bits per heavy atom. The number of nitrogens with zero attached hydrogens (tertiary/aromatic N) is 2. The molecule has 9 rings (SSSR count). The maximum absolute atomic E-state index is 15.0. The highest BCUT2D eigenvalue weighted by molar-refractivity contribution is 7.91. The number of ether oxygens (including phenoxy) is 4. The molecule has 1 aromatic heterocycles. The Bertz CT molecular complexity index is 2280. The topological polar surface area (TPSA) is 197 Å². The first-order valence-electron chi connectivity index (χ1n) is 21.5. The summed E-state index contributed by atoms with van der Waals surface area (Å²) in [6, 6.07) is 4.60. The summed E-state index contributed by atoms with van der Waals surface area (Å²) in [5.74, 6) is -2.46. The number of aryl methyl sites for hydroxylation is 2. The number of hydrogen-bond donors (Lipinski definition) is 2. The fourth-order valence-electron chi connectivity index (χ4n) is 10.3. The van der Waals surface area contributed by atoms with Crippen LogP contribution in [0.3, 0.4) is 0 Å². The van der Waals surface area contributed by atoms with Gasteiger partial charge in [-0.1, -0.05) is 25.0 Å². The molecule has 3 unspecified atom stereocenters. The molecule has 0 radical (unpaired) electrons. The van der Waals surface area contributed by atoms with Crippen LogP contribution < -0.4 is 19.5 Å². The summed E-state index contributed by atoms with van der Waals surface area (Å²) in [5, 5.41) is 3.86. The lowest BCUT2D eigenvalue weighted by Crippen LogP contribution is -2.57. The summed E-state index contributed by atoms with van der Waals surface area (Å²) in [6.45, 7) is 3.52. The number of allylic oxidation sites excluding steroid dienone is 1. The van der Waals surface area contributed by atoms with Gasteiger partial charge in [0.2, 0.25) is 21.8 Å². The van der Waals surface area contributed by atoms with Gasteiger partial charge < -0.3 is 29.2 Å². The standard InChI is InChI=1S/C44H54N4O11S/c1-25-38-31(32-20-29(56-3)11-12-33(32)45-25)13-14-43(59-38)23-34-39(51)46-44(41(53)47-60(54,55)42(2)15-16-42)22-28(44)10-8-6-4-5-7-9-26(40(52)48(34)24-43)18-36(49)57-30-17-27-19-37(50)58-35(27)21-30/h8,10-12,20,26-28,30,34-35H,4-7,9,13-19,21-24H2,1-3H3,(H,46,51)(H,47,53)/b10-8-/t26-,27?,28-,30?,34+,35?,43-,44-/m1/s1. The van der Waals surface area contributed by atoms with Crippen molar-refractivity contribution in [2.75, 3.05) is 13.7 Å². The molecule has 7 aliphatic rings. The third-order valence-corrected chi connectivity index (χ3v) is 16.5. The lowest BCUT2D eigenvalue weighted by atomic mass is 9.87. The van der Waals surface area contributed by atoms with Crippen molar-refractivity contribution in [3.05, 3.63) is 41.6 Å². The molecule has 2 aromatic rings. The average molecular weight is 847 g/mol. The van der Waals surface area contributed by atoms with E-state index in [1.807, 2.05) is 37.3 Å². The highest BCUT2D eigenvalue weighted by atomic mass is 32.2. The first kappa shape index (κ1) is 40.7. The van der Waals surface area contributed by atoms with E-state index in [9.17, 15) is 27.6 Å². The van der Waals surface area contributed by atoms with Crippen molar-refractivity contribution in [3.8, 4) is 11.5 Å². The summed E-state index contributed by atoms with van der Waals surface area (Å²) in [7, 11) is -2.40. The van der Waals surface area contributed by atoms with Gasteiger partial charge in [0.1, 0.15) is 40.9 Å². The smallest absolute Gasteiger partial charge is 0.306 e. The van der Waals surface area contributed by atoms with Crippen molar-refractivity contribution in [2.24, 2.45) is 17.8 Å². The molecular formula is C44H54N4O11S. The zero-order chi connectivity index (χ0) is 42.2. The lowest BCUT2D eigenvalue weighted by Gasteiger charge is -2.36. The van der Waals surface area contributed by atoms with Gasteiger partial charge in [-0.2, -0.15) is 0 Å². The molecule has 0 bridgehead atoms. The number of rotatable bonds is 7. The molecule has 8 atom stereocenters. The van der Waals surface area contributed by atoms with E-state index < -0.39 is 67.7 Å². The maximum atomic E-state index is 15.0. The fraction of sp³-hybridized carbons (Fsp3) is 0.636. The van der Waals surface area contributed by atoms with E-state index in [0.29, 0.717) is 81.4 Å². The predicted octanol–water partition coefficient (Wildman–Crippen LogP) is 4.25. The number of methoxy groups -OCH3 is 1. The third kappa shape index (κ3) is 7.40. The number of aromatic nitrogens is 1. The molecule has 16 heteroatoms. The number of amides is 3. The van der Waals surface area contributed by atoms with E-state index >= 15 is 4.79 Å². The van der Waals surface area contributed by atoms with Gasteiger partial charge in [0.05, 0.1) is 42.5 Å². The SMILES string of the molecule is COc1ccc2nc(C)c3c(c2c1)CC[C@]1(C[C@H]2C(=O)N[C@]4(C(=O)NS(=O)(=O)C5(C)CC5)C[C@H]4/C=C\CCCCC[C@H](CC(=O)OC4CC5CC(=O)OC5C4)C(=O)N2C1)O3. The number of fused-ring (bicyclic) bond motifs is 6. The van der Waals surface area contributed by atoms with Gasteiger partial charge in [-0.05, 0) is 89.8 Å². The molecule has 3 amide bonds. The van der Waals surface area contributed by atoms with Crippen molar-refractivity contribution in [1.82, 2.24) is 19.9 Å². The van der Waals surface area contributed by atoms with E-state index in [1.54, 1.807) is 14.0 Å². The van der Waals surface area contributed by atoms with Gasteiger partial charge >= 0.3 is 11.9 Å². The summed E-state index contributed by atoms with van der Waals surface area (Å²) >= 11 is 0. The summed E-state index contributed by atoms with van der Waals surface area (Å²) < 4.78 is 51.6. The number of carbonyl (C=O) groups is 5. The molecule has 2 saturated heterocycles. The van der Waals surface area contributed by atoms with E-state index in [2.05, 4.69) is 10.0 Å². The maximum Gasteiger partial charge on any atom is 0.306 e. The van der Waals surface area contributed by atoms with Crippen LogP contribution in [0.2, 0.25) is 0 Å². The normalized spacial score (nSPS) is 33.8. The van der Waals surface area contributed by atoms with Crippen molar-refractivity contribution in [2.45, 2.75) is 144 Å². The highest BCUT2D eigenvalue weighted by Gasteiger charge is 2.64. The van der Waals surface area contributed by atoms with Gasteiger partial charge in [0.25, 0.3) is 5.91 Å². The van der Waals surface area contributed by atoms with Crippen molar-refractivity contribution < 1.29 is 51.3 Å². The highest BCUT2D eigenvalue weighted by Crippen LogP contribution is 2.49. The Morgan fingerprint density at radius 3 is 2.67 bits per heavy atom. The van der Waals surface area contributed by atoms with Crippen LogP contribution >= 0.6 is 0 Å². The molecule has 15 nitrogen and oxygen atoms in total. The largest absolute Gasteiger partial charge is 0.497 e. The molecule has 5 heterocycles. The number of sulfonamides is 1. The monoisotopic (exact) mass is 846 g/mol. The second kappa shape index (κ2) is 15.0.